The van der Waals surface area contributed by atoms with Crippen LogP contribution >= 0.6 is 0 Å². The topological polar surface area (TPSA) is 123 Å². The molecule has 7 nitrogen and oxygen atoms in total. The second-order valence-electron chi connectivity index (χ2n) is 3.57. The molecule has 0 aliphatic rings. The van der Waals surface area contributed by atoms with Gasteiger partial charge < -0.3 is 10.0 Å². The van der Waals surface area contributed by atoms with Gasteiger partial charge in [0.25, 0.3) is 0 Å². The fourth-order valence-corrected chi connectivity index (χ4v) is 2.17. The van der Waals surface area contributed by atoms with Crippen molar-refractivity contribution >= 4 is 28.5 Å². The zero-order valence-electron chi connectivity index (χ0n) is 9.28. The first kappa shape index (κ1) is 14.5. The summed E-state index contributed by atoms with van der Waals surface area (Å²) < 4.78 is 33.9. The molecule has 96 valence electrons. The number of hydrogen-bond acceptors (Lipinski definition) is 5. The van der Waals surface area contributed by atoms with E-state index in [-0.39, 0.29) is 22.3 Å². The molecule has 0 saturated heterocycles. The third-order valence-corrected chi connectivity index (χ3v) is 2.96. The van der Waals surface area contributed by atoms with Gasteiger partial charge in [0.1, 0.15) is 5.75 Å². The van der Waals surface area contributed by atoms with E-state index in [1.165, 1.54) is 19.1 Å². The lowest BCUT2D eigenvalue weighted by Crippen LogP contribution is -2.33. The Morgan fingerprint density at radius 2 is 2.11 bits per heavy atom. The van der Waals surface area contributed by atoms with Gasteiger partial charge >= 0.3 is 17.3 Å². The van der Waals surface area contributed by atoms with Crippen LogP contribution in [0.4, 0.5) is 9.57 Å². The third kappa shape index (κ3) is 3.71. The Labute approximate surface area is 103 Å². The summed E-state index contributed by atoms with van der Waals surface area (Å²) >= 11 is 0. The highest BCUT2D eigenvalue weighted by Gasteiger charge is 2.20. The number of nitrogens with zero attached hydrogens (tertiary/aromatic N) is 3. The highest BCUT2D eigenvalue weighted by atomic mass is 32.3. The Balaban J connectivity index is 3.44. The first-order chi connectivity index (χ1) is 8.24. The number of rotatable bonds is 4. The predicted molar refractivity (Wildman–Crippen MR) is 63.5 cm³/mol. The monoisotopic (exact) mass is 273 g/mol. The van der Waals surface area contributed by atoms with E-state index in [1.54, 1.807) is 0 Å². The maximum Gasteiger partial charge on any atom is 0.488 e. The van der Waals surface area contributed by atoms with Gasteiger partial charge in [0.2, 0.25) is 0 Å². The van der Waals surface area contributed by atoms with Gasteiger partial charge in [-0.25, -0.2) is 0 Å². The van der Waals surface area contributed by atoms with Crippen LogP contribution in [-0.2, 0) is 16.0 Å². The van der Waals surface area contributed by atoms with E-state index in [0.29, 0.717) is 0 Å². The van der Waals surface area contributed by atoms with Gasteiger partial charge in [-0.3, -0.25) is 0 Å². The Morgan fingerprint density at radius 3 is 2.56 bits per heavy atom. The van der Waals surface area contributed by atoms with Crippen LogP contribution in [0.15, 0.2) is 17.2 Å². The van der Waals surface area contributed by atoms with Crippen LogP contribution in [0.2, 0.25) is 0 Å². The molecule has 1 rings (SSSR count). The van der Waals surface area contributed by atoms with E-state index in [1.807, 2.05) is 0 Å². The summed E-state index contributed by atoms with van der Waals surface area (Å²) in [6.45, 7) is 1.41. The fourth-order valence-electron chi connectivity index (χ4n) is 1.49. The molecule has 1 aromatic rings. The van der Waals surface area contributed by atoms with Crippen LogP contribution < -0.4 is 5.46 Å². The molecule has 0 bridgehead atoms. The molecule has 10 heteroatoms. The van der Waals surface area contributed by atoms with E-state index >= 15 is 0 Å². The summed E-state index contributed by atoms with van der Waals surface area (Å²) in [7, 11) is -6.65. The molecule has 0 saturated carbocycles. The maximum atomic E-state index is 12.6. The maximum absolute atomic E-state index is 12.6. The minimum Gasteiger partial charge on any atom is -0.423 e. The zero-order valence-corrected chi connectivity index (χ0v) is 10.1. The molecule has 0 amide bonds. The normalized spacial score (nSPS) is 10.9. The summed E-state index contributed by atoms with van der Waals surface area (Å²) in [6, 6.07) is 2.37. The molecule has 1 aromatic carbocycles. The Hall–Kier alpha value is -1.61. The standard InChI is InChI=1S/C8H9BFN3O4S/c1-5-6(4-18(10,16)17)2-7(12-13-11)3-8(5)9(14)15/h2-3,14-15H,4H2,1H3. The molecule has 18 heavy (non-hydrogen) atoms. The first-order valence-corrected chi connectivity index (χ1v) is 6.27. The zero-order chi connectivity index (χ0) is 13.9. The Bertz CT molecular complexity index is 613. The van der Waals surface area contributed by atoms with Crippen LogP contribution in [0.5, 0.6) is 0 Å². The van der Waals surface area contributed by atoms with Gasteiger partial charge in [0.05, 0.1) is 0 Å². The molecule has 0 heterocycles. The molecule has 0 aromatic heterocycles. The van der Waals surface area contributed by atoms with E-state index in [0.717, 1.165) is 0 Å². The van der Waals surface area contributed by atoms with Crippen LogP contribution in [0.3, 0.4) is 0 Å². The molecule has 0 spiro atoms. The summed E-state index contributed by atoms with van der Waals surface area (Å²) in [4.78, 5) is 2.49. The minimum absolute atomic E-state index is 0.00509. The van der Waals surface area contributed by atoms with Crippen LogP contribution in [0.1, 0.15) is 11.1 Å². The Kier molecular flexibility index (Phi) is 4.30. The van der Waals surface area contributed by atoms with Crippen molar-refractivity contribution < 1.29 is 22.4 Å². The lowest BCUT2D eigenvalue weighted by Gasteiger charge is -2.11. The third-order valence-electron chi connectivity index (χ3n) is 2.31. The highest BCUT2D eigenvalue weighted by molar-refractivity contribution is 7.85. The van der Waals surface area contributed by atoms with Gasteiger partial charge in [0.15, 0.2) is 0 Å². The number of azide groups is 1. The van der Waals surface area contributed by atoms with Crippen molar-refractivity contribution in [1.82, 2.24) is 0 Å². The predicted octanol–water partition coefficient (Wildman–Crippen LogP) is 0.416. The summed E-state index contributed by atoms with van der Waals surface area (Å²) in [5.41, 5.74) is 8.43. The summed E-state index contributed by atoms with van der Waals surface area (Å²) in [6.07, 6.45) is 0. The van der Waals surface area contributed by atoms with Crippen LogP contribution in [0, 0.1) is 6.92 Å². The number of benzene rings is 1. The molecule has 0 unspecified atom stereocenters. The Morgan fingerprint density at radius 1 is 1.50 bits per heavy atom. The lowest BCUT2D eigenvalue weighted by molar-refractivity contribution is 0.425. The van der Waals surface area contributed by atoms with Crippen molar-refractivity contribution in [2.24, 2.45) is 5.11 Å². The largest absolute Gasteiger partial charge is 0.488 e. The summed E-state index contributed by atoms with van der Waals surface area (Å²) in [5, 5.41) is 21.4. The van der Waals surface area contributed by atoms with Crippen molar-refractivity contribution in [3.63, 3.8) is 0 Å². The van der Waals surface area contributed by atoms with Crippen molar-refractivity contribution in [2.45, 2.75) is 12.7 Å². The van der Waals surface area contributed by atoms with E-state index in [9.17, 15) is 12.3 Å². The molecule has 2 N–H and O–H groups in total. The molecular weight excluding hydrogens is 264 g/mol. The second-order valence-corrected chi connectivity index (χ2v) is 4.93. The lowest BCUT2D eigenvalue weighted by atomic mass is 9.76. The average Bonchev–Trinajstić information content (AvgIpc) is 2.20. The second kappa shape index (κ2) is 5.36. The van der Waals surface area contributed by atoms with Gasteiger partial charge in [-0.1, -0.05) is 11.2 Å². The molecule has 0 atom stereocenters. The van der Waals surface area contributed by atoms with Gasteiger partial charge in [-0.05, 0) is 35.1 Å². The van der Waals surface area contributed by atoms with Crippen LogP contribution in [-0.4, -0.2) is 25.6 Å². The molecule has 0 aliphatic carbocycles. The van der Waals surface area contributed by atoms with Crippen LogP contribution in [0.25, 0.3) is 10.4 Å². The van der Waals surface area contributed by atoms with Gasteiger partial charge in [-0.15, -0.1) is 3.89 Å². The van der Waals surface area contributed by atoms with E-state index in [4.69, 9.17) is 15.6 Å². The van der Waals surface area contributed by atoms with Crippen molar-refractivity contribution in [2.75, 3.05) is 0 Å². The minimum atomic E-state index is -4.77. The fraction of sp³-hybridized carbons (Fsp3) is 0.250. The van der Waals surface area contributed by atoms with Crippen molar-refractivity contribution in [3.8, 4) is 0 Å². The molecule has 0 aliphatic heterocycles. The van der Waals surface area contributed by atoms with Crippen molar-refractivity contribution in [3.05, 3.63) is 33.7 Å². The van der Waals surface area contributed by atoms with E-state index in [2.05, 4.69) is 10.0 Å². The first-order valence-electron chi connectivity index (χ1n) is 4.71. The molecule has 0 fully saturated rings. The average molecular weight is 273 g/mol. The molecule has 0 radical (unpaired) electrons. The van der Waals surface area contributed by atoms with E-state index < -0.39 is 23.1 Å². The van der Waals surface area contributed by atoms with Gasteiger partial charge in [-0.2, -0.15) is 8.42 Å². The number of hydrogen-bond donors (Lipinski definition) is 2. The van der Waals surface area contributed by atoms with Gasteiger partial charge in [0, 0.05) is 10.6 Å². The van der Waals surface area contributed by atoms with Crippen molar-refractivity contribution in [1.29, 1.82) is 0 Å². The smallest absolute Gasteiger partial charge is 0.423 e. The molecular formula is C8H9BFN3O4S. The highest BCUT2D eigenvalue weighted by Crippen LogP contribution is 2.19. The summed E-state index contributed by atoms with van der Waals surface area (Å²) in [5.74, 6) is -0.923. The SMILES string of the molecule is Cc1c(CS(=O)(=O)F)cc(N=[N+]=[N-])cc1B(O)O. The number of halogens is 1. The quantitative estimate of drug-likeness (QED) is 0.271.